The average Bonchev–Trinajstić information content (AvgIpc) is 3.10. The number of aromatic amines is 1. The van der Waals surface area contributed by atoms with E-state index in [2.05, 4.69) is 9.97 Å². The summed E-state index contributed by atoms with van der Waals surface area (Å²) in [5.74, 6) is 0.398. The fraction of sp³-hybridized carbons (Fsp3) is 0.294. The van der Waals surface area contributed by atoms with E-state index in [1.54, 1.807) is 6.33 Å². The Kier molecular flexibility index (Phi) is 2.82. The number of benzene rings is 1. The summed E-state index contributed by atoms with van der Waals surface area (Å²) in [4.78, 5) is 22.0. The Balaban J connectivity index is 1.70. The third-order valence-electron chi connectivity index (χ3n) is 4.35. The molecule has 0 spiro atoms. The Morgan fingerprint density at radius 3 is 3.09 bits per heavy atom. The standard InChI is InChI=1S/C17H17N3O2/c1-10-3-4-12-11(2)16(22-15(12)7-10)17(21)20-6-5-13-14(8-20)19-9-18-13/h3-4,7,9H,5-6,8H2,1-2H3,(H,18,19). The normalized spacial score (nSPS) is 14.4. The molecule has 22 heavy (non-hydrogen) atoms. The zero-order chi connectivity index (χ0) is 15.3. The lowest BCUT2D eigenvalue weighted by molar-refractivity contribution is 0.0701. The summed E-state index contributed by atoms with van der Waals surface area (Å²) in [6.45, 7) is 5.19. The molecule has 3 aromatic rings. The lowest BCUT2D eigenvalue weighted by Crippen LogP contribution is -2.36. The average molecular weight is 295 g/mol. The molecule has 112 valence electrons. The van der Waals surface area contributed by atoms with Crippen molar-refractivity contribution in [3.63, 3.8) is 0 Å². The van der Waals surface area contributed by atoms with Gasteiger partial charge in [0.1, 0.15) is 5.58 Å². The molecule has 1 aliphatic rings. The maximum absolute atomic E-state index is 12.8. The molecule has 3 heterocycles. The second-order valence-electron chi connectivity index (χ2n) is 5.86. The molecule has 5 nitrogen and oxygen atoms in total. The Morgan fingerprint density at radius 2 is 2.23 bits per heavy atom. The lowest BCUT2D eigenvalue weighted by atomic mass is 10.1. The predicted octanol–water partition coefficient (Wildman–Crippen LogP) is 2.97. The molecule has 0 aliphatic carbocycles. The summed E-state index contributed by atoms with van der Waals surface area (Å²) in [7, 11) is 0. The van der Waals surface area contributed by atoms with Gasteiger partial charge >= 0.3 is 0 Å². The molecule has 0 fully saturated rings. The number of aromatic nitrogens is 2. The zero-order valence-corrected chi connectivity index (χ0v) is 12.6. The number of aryl methyl sites for hydroxylation is 2. The number of fused-ring (bicyclic) bond motifs is 2. The van der Waals surface area contributed by atoms with Gasteiger partial charge in [-0.1, -0.05) is 12.1 Å². The van der Waals surface area contributed by atoms with Crippen molar-refractivity contribution in [3.8, 4) is 0 Å². The van der Waals surface area contributed by atoms with Crippen LogP contribution in [0, 0.1) is 13.8 Å². The Labute approximate surface area is 127 Å². The summed E-state index contributed by atoms with van der Waals surface area (Å²) >= 11 is 0. The van der Waals surface area contributed by atoms with E-state index in [1.807, 2.05) is 36.9 Å². The molecule has 0 bridgehead atoms. The Bertz CT molecular complexity index is 875. The summed E-state index contributed by atoms with van der Waals surface area (Å²) in [6, 6.07) is 6.03. The van der Waals surface area contributed by atoms with Gasteiger partial charge in [-0.15, -0.1) is 0 Å². The van der Waals surface area contributed by atoms with Crippen LogP contribution in [0.5, 0.6) is 0 Å². The third kappa shape index (κ3) is 1.93. The van der Waals surface area contributed by atoms with Crippen molar-refractivity contribution in [2.24, 2.45) is 0 Å². The highest BCUT2D eigenvalue weighted by Gasteiger charge is 2.27. The van der Waals surface area contributed by atoms with Crippen LogP contribution >= 0.6 is 0 Å². The minimum atomic E-state index is -0.0494. The largest absolute Gasteiger partial charge is 0.451 e. The highest BCUT2D eigenvalue weighted by Crippen LogP contribution is 2.28. The van der Waals surface area contributed by atoms with Crippen molar-refractivity contribution in [3.05, 3.63) is 52.8 Å². The lowest BCUT2D eigenvalue weighted by Gasteiger charge is -2.25. The molecule has 0 radical (unpaired) electrons. The Morgan fingerprint density at radius 1 is 1.36 bits per heavy atom. The molecule has 0 saturated carbocycles. The molecular weight excluding hydrogens is 278 g/mol. The van der Waals surface area contributed by atoms with Crippen LogP contribution in [-0.4, -0.2) is 27.3 Å². The van der Waals surface area contributed by atoms with Gasteiger partial charge in [0.05, 0.1) is 24.3 Å². The fourth-order valence-electron chi connectivity index (χ4n) is 3.07. The number of H-pyrrole nitrogens is 1. The van der Waals surface area contributed by atoms with Crippen LogP contribution in [-0.2, 0) is 13.0 Å². The SMILES string of the molecule is Cc1ccc2c(C)c(C(=O)N3CCc4nc[nH]c4C3)oc2c1. The first-order valence-corrected chi connectivity index (χ1v) is 7.43. The molecule has 4 rings (SSSR count). The van der Waals surface area contributed by atoms with Gasteiger partial charge in [0.25, 0.3) is 5.91 Å². The second kappa shape index (κ2) is 4.73. The summed E-state index contributed by atoms with van der Waals surface area (Å²) in [6.07, 6.45) is 2.47. The molecular formula is C17H17N3O2. The maximum atomic E-state index is 12.8. The van der Waals surface area contributed by atoms with E-state index in [9.17, 15) is 4.79 Å². The molecule has 0 saturated heterocycles. The molecule has 5 heteroatoms. The number of hydrogen-bond acceptors (Lipinski definition) is 3. The second-order valence-corrected chi connectivity index (χ2v) is 5.86. The number of furan rings is 1. The predicted molar refractivity (Wildman–Crippen MR) is 82.7 cm³/mol. The van der Waals surface area contributed by atoms with Crippen LogP contribution in [0.4, 0.5) is 0 Å². The third-order valence-corrected chi connectivity index (χ3v) is 4.35. The van der Waals surface area contributed by atoms with Crippen molar-refractivity contribution in [1.82, 2.24) is 14.9 Å². The van der Waals surface area contributed by atoms with Gasteiger partial charge in [0, 0.05) is 23.9 Å². The quantitative estimate of drug-likeness (QED) is 0.750. The van der Waals surface area contributed by atoms with Crippen molar-refractivity contribution in [2.45, 2.75) is 26.8 Å². The van der Waals surface area contributed by atoms with Gasteiger partial charge in [-0.2, -0.15) is 0 Å². The number of hydrogen-bond donors (Lipinski definition) is 1. The molecule has 0 unspecified atom stereocenters. The number of carbonyl (C=O) groups is 1. The highest BCUT2D eigenvalue weighted by atomic mass is 16.3. The first kappa shape index (κ1) is 13.1. The van der Waals surface area contributed by atoms with E-state index in [1.165, 1.54) is 0 Å². The summed E-state index contributed by atoms with van der Waals surface area (Å²) in [5.41, 5.74) is 4.89. The minimum absolute atomic E-state index is 0.0494. The van der Waals surface area contributed by atoms with Gasteiger partial charge in [-0.05, 0) is 25.5 Å². The van der Waals surface area contributed by atoms with Crippen molar-refractivity contribution >= 4 is 16.9 Å². The number of nitrogens with zero attached hydrogens (tertiary/aromatic N) is 2. The van der Waals surface area contributed by atoms with Crippen LogP contribution in [0.2, 0.25) is 0 Å². The molecule has 2 aromatic heterocycles. The van der Waals surface area contributed by atoms with E-state index in [0.29, 0.717) is 18.8 Å². The van der Waals surface area contributed by atoms with Gasteiger partial charge in [0.2, 0.25) is 0 Å². The number of imidazole rings is 1. The van der Waals surface area contributed by atoms with Gasteiger partial charge < -0.3 is 14.3 Å². The molecule has 1 N–H and O–H groups in total. The topological polar surface area (TPSA) is 62.1 Å². The summed E-state index contributed by atoms with van der Waals surface area (Å²) in [5, 5.41) is 1.01. The Hall–Kier alpha value is -2.56. The number of rotatable bonds is 1. The van der Waals surface area contributed by atoms with Crippen LogP contribution in [0.25, 0.3) is 11.0 Å². The number of amides is 1. The number of nitrogens with one attached hydrogen (secondary N) is 1. The van der Waals surface area contributed by atoms with Crippen molar-refractivity contribution < 1.29 is 9.21 Å². The van der Waals surface area contributed by atoms with Gasteiger partial charge in [-0.25, -0.2) is 4.98 Å². The van der Waals surface area contributed by atoms with Crippen LogP contribution in [0.1, 0.15) is 33.1 Å². The first-order chi connectivity index (χ1) is 10.6. The van der Waals surface area contributed by atoms with Gasteiger partial charge in [0.15, 0.2) is 5.76 Å². The van der Waals surface area contributed by atoms with Crippen molar-refractivity contribution in [2.75, 3.05) is 6.54 Å². The van der Waals surface area contributed by atoms with E-state index in [0.717, 1.165) is 39.9 Å². The van der Waals surface area contributed by atoms with E-state index < -0.39 is 0 Å². The van der Waals surface area contributed by atoms with Crippen LogP contribution in [0.15, 0.2) is 28.9 Å². The van der Waals surface area contributed by atoms with Gasteiger partial charge in [-0.3, -0.25) is 4.79 Å². The van der Waals surface area contributed by atoms with E-state index >= 15 is 0 Å². The smallest absolute Gasteiger partial charge is 0.290 e. The maximum Gasteiger partial charge on any atom is 0.290 e. The molecule has 0 atom stereocenters. The minimum Gasteiger partial charge on any atom is -0.451 e. The summed E-state index contributed by atoms with van der Waals surface area (Å²) < 4.78 is 5.85. The zero-order valence-electron chi connectivity index (χ0n) is 12.6. The number of carbonyl (C=O) groups excluding carboxylic acids is 1. The fourth-order valence-corrected chi connectivity index (χ4v) is 3.07. The monoisotopic (exact) mass is 295 g/mol. The van der Waals surface area contributed by atoms with E-state index in [4.69, 9.17) is 4.42 Å². The first-order valence-electron chi connectivity index (χ1n) is 7.43. The highest BCUT2D eigenvalue weighted by molar-refractivity contribution is 5.99. The van der Waals surface area contributed by atoms with E-state index in [-0.39, 0.29) is 5.91 Å². The molecule has 1 amide bonds. The molecule has 1 aliphatic heterocycles. The van der Waals surface area contributed by atoms with Crippen LogP contribution in [0.3, 0.4) is 0 Å². The van der Waals surface area contributed by atoms with Crippen LogP contribution < -0.4 is 0 Å². The molecule has 1 aromatic carbocycles. The van der Waals surface area contributed by atoms with Crippen molar-refractivity contribution in [1.29, 1.82) is 0 Å².